The highest BCUT2D eigenvalue weighted by molar-refractivity contribution is 7.92. The van der Waals surface area contributed by atoms with Crippen molar-refractivity contribution in [3.8, 4) is 5.75 Å². The average Bonchev–Trinajstić information content (AvgIpc) is 3.09. The van der Waals surface area contributed by atoms with Crippen LogP contribution in [-0.2, 0) is 10.0 Å². The summed E-state index contributed by atoms with van der Waals surface area (Å²) in [6, 6.07) is 3.00. The average molecular weight is 299 g/mol. The molecule has 0 aliphatic heterocycles. The number of sulfonamides is 1. The molecule has 1 aliphatic rings. The molecular formula is C12H17N3O4S. The second-order valence-electron chi connectivity index (χ2n) is 4.96. The molecule has 8 heteroatoms. The van der Waals surface area contributed by atoms with Crippen LogP contribution in [0.2, 0.25) is 0 Å². The summed E-state index contributed by atoms with van der Waals surface area (Å²) in [6.45, 7) is 0. The molecule has 0 saturated heterocycles. The molecule has 0 bridgehead atoms. The number of amides is 1. The third-order valence-electron chi connectivity index (χ3n) is 2.54. The summed E-state index contributed by atoms with van der Waals surface area (Å²) in [6.07, 6.45) is 3.10. The predicted molar refractivity (Wildman–Crippen MR) is 74.4 cm³/mol. The minimum atomic E-state index is -3.46. The number of carbonyl (C=O) groups is 1. The van der Waals surface area contributed by atoms with Crippen molar-refractivity contribution in [2.75, 3.05) is 25.1 Å². The van der Waals surface area contributed by atoms with Crippen LogP contribution >= 0.6 is 0 Å². The lowest BCUT2D eigenvalue weighted by molar-refractivity contribution is 0.0821. The van der Waals surface area contributed by atoms with Gasteiger partial charge in [0.15, 0.2) is 0 Å². The van der Waals surface area contributed by atoms with E-state index in [4.69, 9.17) is 4.74 Å². The lowest BCUT2D eigenvalue weighted by atomic mass is 10.3. The molecule has 1 fully saturated rings. The number of carbonyl (C=O) groups excluding carboxylic acids is 1. The van der Waals surface area contributed by atoms with Gasteiger partial charge in [-0.3, -0.25) is 9.52 Å². The predicted octanol–water partition coefficient (Wildman–Crippen LogP) is 0.696. The molecule has 0 unspecified atom stereocenters. The van der Waals surface area contributed by atoms with Crippen LogP contribution in [0.1, 0.15) is 23.3 Å². The minimum Gasteiger partial charge on any atom is -0.490 e. The Bertz CT molecular complexity index is 624. The molecular weight excluding hydrogens is 282 g/mol. The number of ether oxygens (including phenoxy) is 1. The van der Waals surface area contributed by atoms with Crippen LogP contribution in [0.25, 0.3) is 0 Å². The Balaban J connectivity index is 2.34. The number of aromatic nitrogens is 1. The highest BCUT2D eigenvalue weighted by Gasteiger charge is 2.24. The van der Waals surface area contributed by atoms with Gasteiger partial charge in [-0.05, 0) is 12.8 Å². The van der Waals surface area contributed by atoms with Gasteiger partial charge in [0.25, 0.3) is 5.91 Å². The van der Waals surface area contributed by atoms with E-state index in [-0.39, 0.29) is 23.5 Å². The molecule has 1 amide bonds. The molecule has 7 nitrogen and oxygen atoms in total. The Morgan fingerprint density at radius 3 is 2.55 bits per heavy atom. The summed E-state index contributed by atoms with van der Waals surface area (Å²) in [4.78, 5) is 17.3. The van der Waals surface area contributed by atoms with Gasteiger partial charge in [-0.2, -0.15) is 0 Å². The Morgan fingerprint density at radius 1 is 1.40 bits per heavy atom. The fourth-order valence-corrected chi connectivity index (χ4v) is 2.02. The number of hydrogen-bond acceptors (Lipinski definition) is 5. The van der Waals surface area contributed by atoms with Gasteiger partial charge in [-0.15, -0.1) is 0 Å². The van der Waals surface area contributed by atoms with Gasteiger partial charge in [0.2, 0.25) is 10.0 Å². The van der Waals surface area contributed by atoms with Crippen molar-refractivity contribution in [2.24, 2.45) is 0 Å². The standard InChI is InChI=1S/C12H17N3O4S/c1-15(2)12(16)10-6-9(19-8-4-5-8)7-11(13-10)14-20(3,17)18/h6-8H,4-5H2,1-3H3,(H,13,14). The first-order chi connectivity index (χ1) is 9.24. The number of nitrogens with one attached hydrogen (secondary N) is 1. The molecule has 1 saturated carbocycles. The third kappa shape index (κ3) is 4.09. The molecule has 2 rings (SSSR count). The van der Waals surface area contributed by atoms with Gasteiger partial charge in [-0.25, -0.2) is 13.4 Å². The van der Waals surface area contributed by atoms with Gasteiger partial charge in [-0.1, -0.05) is 0 Å². The van der Waals surface area contributed by atoms with Gasteiger partial charge >= 0.3 is 0 Å². The van der Waals surface area contributed by atoms with Crippen molar-refractivity contribution < 1.29 is 17.9 Å². The summed E-state index contributed by atoms with van der Waals surface area (Å²) in [5.41, 5.74) is 0.138. The second-order valence-corrected chi connectivity index (χ2v) is 6.71. The van der Waals surface area contributed by atoms with Crippen LogP contribution in [0.4, 0.5) is 5.82 Å². The highest BCUT2D eigenvalue weighted by atomic mass is 32.2. The molecule has 1 aromatic heterocycles. The zero-order chi connectivity index (χ0) is 14.9. The molecule has 20 heavy (non-hydrogen) atoms. The monoisotopic (exact) mass is 299 g/mol. The normalized spacial score (nSPS) is 14.8. The van der Waals surface area contributed by atoms with Gasteiger partial charge in [0, 0.05) is 26.2 Å². The van der Waals surface area contributed by atoms with E-state index in [2.05, 4.69) is 9.71 Å². The molecule has 1 N–H and O–H groups in total. The molecule has 1 aliphatic carbocycles. The smallest absolute Gasteiger partial charge is 0.272 e. The van der Waals surface area contributed by atoms with E-state index in [1.807, 2.05) is 0 Å². The van der Waals surface area contributed by atoms with Crippen molar-refractivity contribution in [2.45, 2.75) is 18.9 Å². The number of nitrogens with zero attached hydrogens (tertiary/aromatic N) is 2. The van der Waals surface area contributed by atoms with Gasteiger partial charge in [0.05, 0.1) is 12.4 Å². The quantitative estimate of drug-likeness (QED) is 0.864. The van der Waals surface area contributed by atoms with E-state index < -0.39 is 10.0 Å². The SMILES string of the molecule is CN(C)C(=O)c1cc(OC2CC2)cc(NS(C)(=O)=O)n1. The van der Waals surface area contributed by atoms with Crippen molar-refractivity contribution in [1.82, 2.24) is 9.88 Å². The largest absolute Gasteiger partial charge is 0.490 e. The maximum Gasteiger partial charge on any atom is 0.272 e. The zero-order valence-electron chi connectivity index (χ0n) is 11.6. The fraction of sp³-hybridized carbons (Fsp3) is 0.500. The van der Waals surface area contributed by atoms with Crippen LogP contribution in [-0.4, -0.2) is 50.7 Å². The molecule has 110 valence electrons. The lowest BCUT2D eigenvalue weighted by Crippen LogP contribution is -2.23. The Hall–Kier alpha value is -1.83. The third-order valence-corrected chi connectivity index (χ3v) is 3.12. The summed E-state index contributed by atoms with van der Waals surface area (Å²) < 4.78 is 30.4. The minimum absolute atomic E-state index is 0.0795. The maximum absolute atomic E-state index is 11.9. The molecule has 1 aromatic rings. The highest BCUT2D eigenvalue weighted by Crippen LogP contribution is 2.28. The molecule has 0 radical (unpaired) electrons. The van der Waals surface area contributed by atoms with E-state index in [9.17, 15) is 13.2 Å². The van der Waals surface area contributed by atoms with Crippen LogP contribution in [0.15, 0.2) is 12.1 Å². The molecule has 0 atom stereocenters. The summed E-state index contributed by atoms with van der Waals surface area (Å²) in [5.74, 6) is 0.206. The first-order valence-electron chi connectivity index (χ1n) is 6.13. The Kier molecular flexibility index (Phi) is 3.85. The fourth-order valence-electron chi connectivity index (χ4n) is 1.53. The van der Waals surface area contributed by atoms with Crippen molar-refractivity contribution in [3.05, 3.63) is 17.8 Å². The van der Waals surface area contributed by atoms with Crippen LogP contribution < -0.4 is 9.46 Å². The number of anilines is 1. The van der Waals surface area contributed by atoms with Gasteiger partial charge < -0.3 is 9.64 Å². The molecule has 0 aromatic carbocycles. The Labute approximate surface area is 118 Å². The van der Waals surface area contributed by atoms with Crippen molar-refractivity contribution >= 4 is 21.7 Å². The van der Waals surface area contributed by atoms with Crippen molar-refractivity contribution in [1.29, 1.82) is 0 Å². The number of pyridine rings is 1. The summed E-state index contributed by atoms with van der Waals surface area (Å²) in [5, 5.41) is 0. The van der Waals surface area contributed by atoms with E-state index >= 15 is 0 Å². The van der Waals surface area contributed by atoms with Crippen LogP contribution in [0.5, 0.6) is 5.75 Å². The number of rotatable bonds is 5. The summed E-state index contributed by atoms with van der Waals surface area (Å²) >= 11 is 0. The first-order valence-corrected chi connectivity index (χ1v) is 8.02. The number of hydrogen-bond donors (Lipinski definition) is 1. The van der Waals surface area contributed by atoms with Crippen LogP contribution in [0.3, 0.4) is 0 Å². The molecule has 0 spiro atoms. The van der Waals surface area contributed by atoms with E-state index in [1.54, 1.807) is 14.1 Å². The van der Waals surface area contributed by atoms with E-state index in [1.165, 1.54) is 17.0 Å². The van der Waals surface area contributed by atoms with Gasteiger partial charge in [0.1, 0.15) is 17.3 Å². The lowest BCUT2D eigenvalue weighted by Gasteiger charge is -2.13. The van der Waals surface area contributed by atoms with E-state index in [0.29, 0.717) is 5.75 Å². The Morgan fingerprint density at radius 2 is 2.05 bits per heavy atom. The topological polar surface area (TPSA) is 88.6 Å². The maximum atomic E-state index is 11.9. The molecule has 1 heterocycles. The zero-order valence-corrected chi connectivity index (χ0v) is 12.4. The van der Waals surface area contributed by atoms with Crippen molar-refractivity contribution in [3.63, 3.8) is 0 Å². The van der Waals surface area contributed by atoms with E-state index in [0.717, 1.165) is 19.1 Å². The van der Waals surface area contributed by atoms with Crippen LogP contribution in [0, 0.1) is 0 Å². The first kappa shape index (κ1) is 14.6. The summed E-state index contributed by atoms with van der Waals surface area (Å²) in [7, 11) is -0.264. The second kappa shape index (κ2) is 5.28.